The standard InChI is InChI=1S/C7H7N3O/c1-11-10-7-6(5-9-10)3-2-4-8-7/h2-5H,1H3. The molecule has 0 saturated carbocycles. The van der Waals surface area contributed by atoms with Crippen molar-refractivity contribution in [3.05, 3.63) is 24.5 Å². The first kappa shape index (κ1) is 6.15. The van der Waals surface area contributed by atoms with E-state index in [-0.39, 0.29) is 0 Å². The minimum absolute atomic E-state index is 0.745. The van der Waals surface area contributed by atoms with E-state index in [1.807, 2.05) is 12.1 Å². The summed E-state index contributed by atoms with van der Waals surface area (Å²) in [7, 11) is 1.56. The molecule has 0 saturated heterocycles. The van der Waals surface area contributed by atoms with Crippen molar-refractivity contribution < 1.29 is 4.84 Å². The second-order valence-electron chi connectivity index (χ2n) is 2.12. The highest BCUT2D eigenvalue weighted by Crippen LogP contribution is 2.06. The predicted molar refractivity (Wildman–Crippen MR) is 40.0 cm³/mol. The first-order chi connectivity index (χ1) is 5.42. The van der Waals surface area contributed by atoms with Gasteiger partial charge in [0.1, 0.15) is 7.11 Å². The van der Waals surface area contributed by atoms with Crippen molar-refractivity contribution >= 4 is 11.0 Å². The highest BCUT2D eigenvalue weighted by molar-refractivity contribution is 5.73. The molecule has 0 atom stereocenters. The van der Waals surface area contributed by atoms with Crippen LogP contribution in [0, 0.1) is 0 Å². The molecular formula is C7H7N3O. The van der Waals surface area contributed by atoms with E-state index in [1.54, 1.807) is 19.5 Å². The van der Waals surface area contributed by atoms with Gasteiger partial charge in [-0.15, -0.1) is 5.10 Å². The molecule has 2 aromatic heterocycles. The predicted octanol–water partition coefficient (Wildman–Crippen LogP) is 0.490. The fourth-order valence-electron chi connectivity index (χ4n) is 0.973. The van der Waals surface area contributed by atoms with Gasteiger partial charge in [0, 0.05) is 11.6 Å². The van der Waals surface area contributed by atoms with Crippen molar-refractivity contribution in [1.82, 2.24) is 14.9 Å². The average molecular weight is 149 g/mol. The second-order valence-corrected chi connectivity index (χ2v) is 2.12. The maximum absolute atomic E-state index is 4.91. The third kappa shape index (κ3) is 0.832. The van der Waals surface area contributed by atoms with Gasteiger partial charge < -0.3 is 4.84 Å². The Bertz CT molecular complexity index is 368. The second kappa shape index (κ2) is 2.23. The lowest BCUT2D eigenvalue weighted by atomic mass is 10.4. The van der Waals surface area contributed by atoms with Crippen LogP contribution in [0.2, 0.25) is 0 Å². The van der Waals surface area contributed by atoms with E-state index in [9.17, 15) is 0 Å². The van der Waals surface area contributed by atoms with Crippen molar-refractivity contribution in [1.29, 1.82) is 0 Å². The SMILES string of the molecule is COn1ncc2cccnc21. The maximum Gasteiger partial charge on any atom is 0.198 e. The Kier molecular flexibility index (Phi) is 1.25. The van der Waals surface area contributed by atoms with Gasteiger partial charge in [-0.2, -0.15) is 0 Å². The largest absolute Gasteiger partial charge is 0.398 e. The van der Waals surface area contributed by atoms with Crippen LogP contribution in [-0.2, 0) is 0 Å². The van der Waals surface area contributed by atoms with E-state index < -0.39 is 0 Å². The molecule has 4 nitrogen and oxygen atoms in total. The van der Waals surface area contributed by atoms with Crippen LogP contribution in [0.1, 0.15) is 0 Å². The number of aromatic nitrogens is 3. The molecule has 0 spiro atoms. The highest BCUT2D eigenvalue weighted by atomic mass is 16.7. The Morgan fingerprint density at radius 1 is 1.55 bits per heavy atom. The molecule has 2 rings (SSSR count). The Balaban J connectivity index is 2.76. The van der Waals surface area contributed by atoms with Gasteiger partial charge in [0.15, 0.2) is 5.65 Å². The van der Waals surface area contributed by atoms with E-state index in [4.69, 9.17) is 4.84 Å². The zero-order chi connectivity index (χ0) is 7.68. The summed E-state index contributed by atoms with van der Waals surface area (Å²) in [5.41, 5.74) is 0.745. The fourth-order valence-corrected chi connectivity index (χ4v) is 0.973. The van der Waals surface area contributed by atoms with Gasteiger partial charge >= 0.3 is 0 Å². The molecule has 0 bridgehead atoms. The highest BCUT2D eigenvalue weighted by Gasteiger charge is 2.00. The molecule has 56 valence electrons. The quantitative estimate of drug-likeness (QED) is 0.592. The molecule has 0 aliphatic rings. The Hall–Kier alpha value is -1.58. The summed E-state index contributed by atoms with van der Waals surface area (Å²) in [5.74, 6) is 0. The summed E-state index contributed by atoms with van der Waals surface area (Å²) in [6.45, 7) is 0. The first-order valence-corrected chi connectivity index (χ1v) is 3.25. The Morgan fingerprint density at radius 2 is 2.45 bits per heavy atom. The van der Waals surface area contributed by atoms with Gasteiger partial charge in [0.2, 0.25) is 0 Å². The van der Waals surface area contributed by atoms with Crippen molar-refractivity contribution in [2.75, 3.05) is 7.11 Å². The minimum Gasteiger partial charge on any atom is -0.398 e. The summed E-state index contributed by atoms with van der Waals surface area (Å²) >= 11 is 0. The van der Waals surface area contributed by atoms with Gasteiger partial charge in [-0.3, -0.25) is 0 Å². The van der Waals surface area contributed by atoms with E-state index in [2.05, 4.69) is 10.1 Å². The summed E-state index contributed by atoms with van der Waals surface area (Å²) < 4.78 is 0. The number of nitrogens with zero attached hydrogens (tertiary/aromatic N) is 3. The fraction of sp³-hybridized carbons (Fsp3) is 0.143. The number of hydrogen-bond donors (Lipinski definition) is 0. The molecule has 2 heterocycles. The lowest BCUT2D eigenvalue weighted by molar-refractivity contribution is 0.143. The third-order valence-corrected chi connectivity index (χ3v) is 1.47. The molecule has 2 aromatic rings. The van der Waals surface area contributed by atoms with Crippen LogP contribution in [0.25, 0.3) is 11.0 Å². The summed E-state index contributed by atoms with van der Waals surface area (Å²) in [6.07, 6.45) is 3.42. The van der Waals surface area contributed by atoms with Crippen LogP contribution < -0.4 is 4.84 Å². The molecule has 11 heavy (non-hydrogen) atoms. The molecule has 0 amide bonds. The molecular weight excluding hydrogens is 142 g/mol. The molecule has 0 aliphatic carbocycles. The Morgan fingerprint density at radius 3 is 3.27 bits per heavy atom. The van der Waals surface area contributed by atoms with Crippen LogP contribution in [-0.4, -0.2) is 22.0 Å². The summed E-state index contributed by atoms with van der Waals surface area (Å²) in [6, 6.07) is 3.80. The number of hydrogen-bond acceptors (Lipinski definition) is 3. The topological polar surface area (TPSA) is 39.9 Å². The third-order valence-electron chi connectivity index (χ3n) is 1.47. The van der Waals surface area contributed by atoms with E-state index in [0.29, 0.717) is 0 Å². The normalized spacial score (nSPS) is 10.3. The minimum atomic E-state index is 0.745. The first-order valence-electron chi connectivity index (χ1n) is 3.25. The molecule has 0 aromatic carbocycles. The van der Waals surface area contributed by atoms with Gasteiger partial charge in [0.05, 0.1) is 6.20 Å². The summed E-state index contributed by atoms with van der Waals surface area (Å²) in [5, 5.41) is 4.93. The van der Waals surface area contributed by atoms with Crippen molar-refractivity contribution in [2.24, 2.45) is 0 Å². The van der Waals surface area contributed by atoms with Crippen LogP contribution in [0.4, 0.5) is 0 Å². The lowest BCUT2D eigenvalue weighted by Crippen LogP contribution is -2.07. The van der Waals surface area contributed by atoms with Crippen molar-refractivity contribution in [3.63, 3.8) is 0 Å². The smallest absolute Gasteiger partial charge is 0.198 e. The van der Waals surface area contributed by atoms with Crippen LogP contribution >= 0.6 is 0 Å². The monoisotopic (exact) mass is 149 g/mol. The van der Waals surface area contributed by atoms with Gasteiger partial charge in [-0.05, 0) is 12.1 Å². The van der Waals surface area contributed by atoms with Gasteiger partial charge in [-0.25, -0.2) is 4.98 Å². The molecule has 0 radical (unpaired) electrons. The molecule has 0 fully saturated rings. The molecule has 4 heteroatoms. The van der Waals surface area contributed by atoms with Gasteiger partial charge in [0.25, 0.3) is 0 Å². The lowest BCUT2D eigenvalue weighted by Gasteiger charge is -1.96. The molecule has 0 N–H and O–H groups in total. The van der Waals surface area contributed by atoms with Crippen LogP contribution in [0.3, 0.4) is 0 Å². The van der Waals surface area contributed by atoms with E-state index >= 15 is 0 Å². The zero-order valence-electron chi connectivity index (χ0n) is 6.06. The van der Waals surface area contributed by atoms with Crippen LogP contribution in [0.5, 0.6) is 0 Å². The molecule has 0 aliphatic heterocycles. The van der Waals surface area contributed by atoms with E-state index in [1.165, 1.54) is 4.85 Å². The molecule has 0 unspecified atom stereocenters. The van der Waals surface area contributed by atoms with Crippen LogP contribution in [0.15, 0.2) is 24.5 Å². The van der Waals surface area contributed by atoms with Crippen molar-refractivity contribution in [2.45, 2.75) is 0 Å². The zero-order valence-corrected chi connectivity index (χ0v) is 6.06. The summed E-state index contributed by atoms with van der Waals surface area (Å²) in [4.78, 5) is 10.4. The van der Waals surface area contributed by atoms with E-state index in [0.717, 1.165) is 11.0 Å². The number of rotatable bonds is 1. The number of pyridine rings is 1. The Labute approximate surface area is 63.4 Å². The maximum atomic E-state index is 4.91. The average Bonchev–Trinajstić information content (AvgIpc) is 2.47. The van der Waals surface area contributed by atoms with Gasteiger partial charge in [-0.1, -0.05) is 4.85 Å². The number of fused-ring (bicyclic) bond motifs is 1. The van der Waals surface area contributed by atoms with Crippen molar-refractivity contribution in [3.8, 4) is 0 Å².